The molecule has 1 aliphatic rings. The molecule has 2 aromatic heterocycles. The summed E-state index contributed by atoms with van der Waals surface area (Å²) in [5.74, 6) is -0.829. The molecule has 0 radical (unpaired) electrons. The number of hydrogen-bond donors (Lipinski definition) is 1. The van der Waals surface area contributed by atoms with Gasteiger partial charge >= 0.3 is 0 Å². The zero-order chi connectivity index (χ0) is 23.8. The summed E-state index contributed by atoms with van der Waals surface area (Å²) in [6.45, 7) is 4.63. The molecule has 1 atom stereocenters. The van der Waals surface area contributed by atoms with E-state index in [1.54, 1.807) is 17.5 Å². The normalized spacial score (nSPS) is 16.0. The Bertz CT molecular complexity index is 1400. The lowest BCUT2D eigenvalue weighted by Gasteiger charge is -2.24. The summed E-state index contributed by atoms with van der Waals surface area (Å²) in [5, 5.41) is 13.1. The van der Waals surface area contributed by atoms with Crippen molar-refractivity contribution in [1.29, 1.82) is 0 Å². The predicted octanol–water partition coefficient (Wildman–Crippen LogP) is 6.24. The molecule has 0 spiro atoms. The van der Waals surface area contributed by atoms with E-state index in [2.05, 4.69) is 4.98 Å². The number of aryl methyl sites for hydroxylation is 1. The van der Waals surface area contributed by atoms with E-state index in [0.29, 0.717) is 27.9 Å². The fraction of sp³-hybridized carbons (Fsp3) is 0.192. The van der Waals surface area contributed by atoms with Crippen LogP contribution in [-0.4, -0.2) is 28.4 Å². The molecule has 0 saturated carbocycles. The number of aliphatic hydroxyl groups is 1. The van der Waals surface area contributed by atoms with Crippen molar-refractivity contribution in [2.24, 2.45) is 0 Å². The molecule has 34 heavy (non-hydrogen) atoms. The summed E-state index contributed by atoms with van der Waals surface area (Å²) >= 11 is 2.64. The number of thiazole rings is 1. The molecule has 3 heterocycles. The Morgan fingerprint density at radius 1 is 1.18 bits per heavy atom. The molecule has 0 bridgehead atoms. The number of anilines is 1. The van der Waals surface area contributed by atoms with E-state index in [4.69, 9.17) is 4.74 Å². The maximum absolute atomic E-state index is 13.4. The Morgan fingerprint density at radius 2 is 1.97 bits per heavy atom. The summed E-state index contributed by atoms with van der Waals surface area (Å²) < 4.78 is 6.63. The second-order valence-electron chi connectivity index (χ2n) is 8.03. The number of carbonyl (C=O) groups is 2. The van der Waals surface area contributed by atoms with E-state index in [1.165, 1.54) is 27.6 Å². The molecule has 1 aliphatic heterocycles. The Kier molecular flexibility index (Phi) is 5.93. The van der Waals surface area contributed by atoms with Crippen LogP contribution in [0.25, 0.3) is 10.2 Å². The van der Waals surface area contributed by atoms with Crippen LogP contribution >= 0.6 is 22.7 Å². The number of fused-ring (bicyclic) bond motifs is 1. The minimum Gasteiger partial charge on any atom is -0.503 e. The van der Waals surface area contributed by atoms with E-state index in [-0.39, 0.29) is 11.4 Å². The first kappa shape index (κ1) is 22.3. The van der Waals surface area contributed by atoms with Crippen LogP contribution in [0.1, 0.15) is 40.2 Å². The van der Waals surface area contributed by atoms with Gasteiger partial charge in [-0.15, -0.1) is 11.3 Å². The van der Waals surface area contributed by atoms with Crippen molar-refractivity contribution in [3.63, 3.8) is 0 Å². The molecular weight excluding hydrogens is 468 g/mol. The lowest BCUT2D eigenvalue weighted by Crippen LogP contribution is -2.30. The van der Waals surface area contributed by atoms with Gasteiger partial charge in [-0.2, -0.15) is 0 Å². The van der Waals surface area contributed by atoms with Crippen LogP contribution in [-0.2, 0) is 4.79 Å². The number of ketones is 1. The summed E-state index contributed by atoms with van der Waals surface area (Å²) in [4.78, 5) is 33.3. The summed E-state index contributed by atoms with van der Waals surface area (Å²) in [7, 11) is 0. The molecule has 4 aromatic rings. The number of rotatable bonds is 7. The average Bonchev–Trinajstić information content (AvgIpc) is 3.56. The molecule has 2 aromatic carbocycles. The van der Waals surface area contributed by atoms with E-state index >= 15 is 0 Å². The molecule has 0 aliphatic carbocycles. The van der Waals surface area contributed by atoms with Crippen LogP contribution < -0.4 is 9.64 Å². The highest BCUT2D eigenvalue weighted by molar-refractivity contribution is 7.22. The van der Waals surface area contributed by atoms with Gasteiger partial charge in [-0.3, -0.25) is 14.5 Å². The molecule has 1 N–H and O–H groups in total. The number of Topliss-reactive ketones (excluding diaryl/α,β-unsaturated/α-hetero) is 1. The number of aliphatic hydroxyl groups excluding tert-OH is 1. The molecule has 6 nitrogen and oxygen atoms in total. The van der Waals surface area contributed by atoms with Crippen LogP contribution in [0.5, 0.6) is 5.75 Å². The first-order valence-electron chi connectivity index (χ1n) is 10.9. The van der Waals surface area contributed by atoms with Crippen molar-refractivity contribution < 1.29 is 19.4 Å². The molecule has 0 unspecified atom stereocenters. The Balaban J connectivity index is 1.62. The van der Waals surface area contributed by atoms with Gasteiger partial charge in [0.1, 0.15) is 5.75 Å². The van der Waals surface area contributed by atoms with Crippen molar-refractivity contribution in [2.45, 2.75) is 26.3 Å². The van der Waals surface area contributed by atoms with E-state index < -0.39 is 17.7 Å². The quantitative estimate of drug-likeness (QED) is 0.310. The number of hydrogen-bond acceptors (Lipinski definition) is 7. The monoisotopic (exact) mass is 490 g/mol. The third-order valence-electron chi connectivity index (χ3n) is 5.61. The highest BCUT2D eigenvalue weighted by atomic mass is 32.1. The van der Waals surface area contributed by atoms with Gasteiger partial charge in [-0.05, 0) is 60.2 Å². The summed E-state index contributed by atoms with van der Waals surface area (Å²) in [5.41, 5.74) is 2.60. The minimum absolute atomic E-state index is 0.0603. The number of amides is 1. The number of carbonyl (C=O) groups excluding carboxylic acids is 2. The topological polar surface area (TPSA) is 79.7 Å². The summed E-state index contributed by atoms with van der Waals surface area (Å²) in [6, 6.07) is 15.8. The van der Waals surface area contributed by atoms with Gasteiger partial charge in [0.25, 0.3) is 5.91 Å². The van der Waals surface area contributed by atoms with E-state index in [0.717, 1.165) is 22.2 Å². The van der Waals surface area contributed by atoms with Gasteiger partial charge < -0.3 is 9.84 Å². The van der Waals surface area contributed by atoms with Crippen LogP contribution in [0.2, 0.25) is 0 Å². The van der Waals surface area contributed by atoms with Gasteiger partial charge in [0.15, 0.2) is 10.9 Å². The molecule has 0 fully saturated rings. The Labute approximate surface area is 204 Å². The van der Waals surface area contributed by atoms with Crippen molar-refractivity contribution in [3.8, 4) is 5.75 Å². The van der Waals surface area contributed by atoms with Crippen molar-refractivity contribution in [3.05, 3.63) is 87.3 Å². The van der Waals surface area contributed by atoms with Gasteiger partial charge in [0.2, 0.25) is 5.78 Å². The van der Waals surface area contributed by atoms with Crippen LogP contribution in [0.15, 0.2) is 71.3 Å². The first-order valence-corrected chi connectivity index (χ1v) is 12.6. The molecule has 8 heteroatoms. The van der Waals surface area contributed by atoms with Crippen molar-refractivity contribution in [2.75, 3.05) is 11.5 Å². The number of benzene rings is 2. The highest BCUT2D eigenvalue weighted by Gasteiger charge is 2.46. The van der Waals surface area contributed by atoms with Gasteiger partial charge in [-0.25, -0.2) is 4.98 Å². The number of aromatic nitrogens is 1. The SMILES string of the molecule is CCCOc1ccc([C@@H]2C(C(=O)c3cccs3)=C(O)C(=O)N2c2nc3ccc(C)cc3s2)cc1. The lowest BCUT2D eigenvalue weighted by atomic mass is 9.95. The first-order chi connectivity index (χ1) is 16.5. The minimum atomic E-state index is -0.802. The third kappa shape index (κ3) is 3.89. The second kappa shape index (κ2) is 9.04. The highest BCUT2D eigenvalue weighted by Crippen LogP contribution is 2.44. The van der Waals surface area contributed by atoms with E-state index in [9.17, 15) is 14.7 Å². The maximum Gasteiger partial charge on any atom is 0.296 e. The number of ether oxygens (including phenoxy) is 1. The average molecular weight is 491 g/mol. The molecule has 5 rings (SSSR count). The van der Waals surface area contributed by atoms with Gasteiger partial charge in [0.05, 0.1) is 33.3 Å². The molecular formula is C26H22N2O4S2. The number of nitrogens with zero attached hydrogens (tertiary/aromatic N) is 2. The molecule has 1 amide bonds. The Hall–Kier alpha value is -3.49. The zero-order valence-corrected chi connectivity index (χ0v) is 20.3. The second-order valence-corrected chi connectivity index (χ2v) is 9.99. The van der Waals surface area contributed by atoms with Crippen LogP contribution in [0.3, 0.4) is 0 Å². The largest absolute Gasteiger partial charge is 0.503 e. The third-order valence-corrected chi connectivity index (χ3v) is 7.49. The maximum atomic E-state index is 13.4. The zero-order valence-electron chi connectivity index (χ0n) is 18.6. The smallest absolute Gasteiger partial charge is 0.296 e. The lowest BCUT2D eigenvalue weighted by molar-refractivity contribution is -0.117. The predicted molar refractivity (Wildman–Crippen MR) is 135 cm³/mol. The molecule has 172 valence electrons. The van der Waals surface area contributed by atoms with Crippen molar-refractivity contribution >= 4 is 49.7 Å². The van der Waals surface area contributed by atoms with Gasteiger partial charge in [0, 0.05) is 0 Å². The van der Waals surface area contributed by atoms with Crippen LogP contribution in [0, 0.1) is 6.92 Å². The Morgan fingerprint density at radius 3 is 2.68 bits per heavy atom. The van der Waals surface area contributed by atoms with Crippen LogP contribution in [0.4, 0.5) is 5.13 Å². The van der Waals surface area contributed by atoms with Gasteiger partial charge in [-0.1, -0.05) is 42.5 Å². The van der Waals surface area contributed by atoms with Crippen molar-refractivity contribution in [1.82, 2.24) is 4.98 Å². The molecule has 0 saturated heterocycles. The fourth-order valence-corrected chi connectivity index (χ4v) is 5.75. The summed E-state index contributed by atoms with van der Waals surface area (Å²) in [6.07, 6.45) is 0.889. The fourth-order valence-electron chi connectivity index (χ4n) is 3.98. The number of thiophene rings is 1. The van der Waals surface area contributed by atoms with E-state index in [1.807, 2.05) is 56.3 Å². The standard InChI is InChI=1S/C26H22N2O4S2/c1-3-12-32-17-9-7-16(8-10-17)22-21(23(29)19-5-4-13-33-19)24(30)25(31)28(22)26-27-18-11-6-15(2)14-20(18)34-26/h4-11,13-14,22,30H,3,12H2,1-2H3/t22-/m1/s1.